The van der Waals surface area contributed by atoms with Gasteiger partial charge in [-0.25, -0.2) is 0 Å². The second-order valence-corrected chi connectivity index (χ2v) is 5.42. The molecule has 0 aromatic rings. The highest BCUT2D eigenvalue weighted by Gasteiger charge is 2.35. The maximum absolute atomic E-state index is 11.6. The summed E-state index contributed by atoms with van der Waals surface area (Å²) in [7, 11) is 0. The van der Waals surface area contributed by atoms with Gasteiger partial charge in [0.25, 0.3) is 4.43 Å². The summed E-state index contributed by atoms with van der Waals surface area (Å²) >= 11 is -1.02. The van der Waals surface area contributed by atoms with Crippen LogP contribution < -0.4 is 21.2 Å². The minimum absolute atomic E-state index is 0.175. The lowest BCUT2D eigenvalue weighted by atomic mass is 9.99. The van der Waals surface area contributed by atoms with Gasteiger partial charge in [-0.2, -0.15) is 13.2 Å². The van der Waals surface area contributed by atoms with Crippen molar-refractivity contribution in [1.29, 1.82) is 0 Å². The minimum Gasteiger partial charge on any atom is -0.166 e. The Morgan fingerprint density at radius 1 is 1.17 bits per heavy atom. The van der Waals surface area contributed by atoms with E-state index < -0.39 is 31.8 Å². The van der Waals surface area contributed by atoms with Crippen molar-refractivity contribution in [2.24, 2.45) is 5.41 Å². The molecule has 4 heteroatoms. The Balaban J connectivity index is 3.75. The lowest BCUT2D eigenvalue weighted by molar-refractivity contribution is -0.596. The van der Waals surface area contributed by atoms with Crippen LogP contribution in [0.15, 0.2) is 0 Å². The molecule has 0 aliphatic rings. The molecule has 0 aliphatic heterocycles. The summed E-state index contributed by atoms with van der Waals surface area (Å²) in [6, 6.07) is 0. The fraction of sp³-hybridized carbons (Fsp3) is 0.750. The van der Waals surface area contributed by atoms with Gasteiger partial charge in [0.2, 0.25) is 0 Å². The Morgan fingerprint density at radius 3 is 2.00 bits per heavy atom. The minimum atomic E-state index is -4.03. The Labute approximate surface area is 81.2 Å². The summed E-state index contributed by atoms with van der Waals surface area (Å²) < 4.78 is 36.8. The molecule has 0 bridgehead atoms. The van der Waals surface area contributed by atoms with E-state index in [1.54, 1.807) is 0 Å². The molecular formula is C8H11F3I+. The van der Waals surface area contributed by atoms with Crippen LogP contribution >= 0.6 is 0 Å². The van der Waals surface area contributed by atoms with Crippen LogP contribution in [0.25, 0.3) is 0 Å². The largest absolute Gasteiger partial charge is 0.433 e. The SMILES string of the molecule is CC(C)(C)C#C[I+]CC(F)(F)F. The zero-order chi connectivity index (χ0) is 9.83. The summed E-state index contributed by atoms with van der Waals surface area (Å²) in [5, 5.41) is 0. The third-order valence-electron chi connectivity index (χ3n) is 0.707. The van der Waals surface area contributed by atoms with E-state index in [1.165, 1.54) is 0 Å². The highest BCUT2D eigenvalue weighted by Crippen LogP contribution is 2.09. The maximum atomic E-state index is 11.6. The average molecular weight is 291 g/mol. The third kappa shape index (κ3) is 10.1. The first-order valence-corrected chi connectivity index (χ1v) is 5.98. The first kappa shape index (κ1) is 12.1. The van der Waals surface area contributed by atoms with Gasteiger partial charge in [-0.3, -0.25) is 0 Å². The van der Waals surface area contributed by atoms with E-state index in [0.717, 1.165) is 0 Å². The number of hydrogen-bond donors (Lipinski definition) is 0. The van der Waals surface area contributed by atoms with Crippen molar-refractivity contribution in [3.63, 3.8) is 0 Å². The van der Waals surface area contributed by atoms with Crippen molar-refractivity contribution in [2.75, 3.05) is 4.43 Å². The Bertz CT molecular complexity index is 189. The molecule has 0 saturated carbocycles. The number of alkyl halides is 4. The quantitative estimate of drug-likeness (QED) is 0.352. The smallest absolute Gasteiger partial charge is 0.166 e. The molecule has 0 rings (SSSR count). The van der Waals surface area contributed by atoms with E-state index >= 15 is 0 Å². The van der Waals surface area contributed by atoms with Crippen molar-refractivity contribution in [1.82, 2.24) is 0 Å². The van der Waals surface area contributed by atoms with E-state index in [4.69, 9.17) is 0 Å². The topological polar surface area (TPSA) is 0 Å². The highest BCUT2D eigenvalue weighted by atomic mass is 127. The molecule has 0 aliphatic carbocycles. The Hall–Kier alpha value is 0.0800. The summed E-state index contributed by atoms with van der Waals surface area (Å²) in [6.45, 7) is 5.66. The molecule has 0 nitrogen and oxygen atoms in total. The molecule has 0 spiro atoms. The van der Waals surface area contributed by atoms with Gasteiger partial charge < -0.3 is 0 Å². The molecule has 0 heterocycles. The van der Waals surface area contributed by atoms with Gasteiger partial charge in [0.15, 0.2) is 3.93 Å². The summed E-state index contributed by atoms with van der Waals surface area (Å²) in [5.41, 5.74) is -0.175. The standard InChI is InChI=1S/C8H11F3I/c1-7(2,3)4-5-12-6-8(9,10)11/h6H2,1-3H3/q+1. The molecule has 70 valence electrons. The first-order valence-electron chi connectivity index (χ1n) is 3.38. The first-order chi connectivity index (χ1) is 5.21. The normalized spacial score (nSPS) is 12.2. The van der Waals surface area contributed by atoms with E-state index in [1.807, 2.05) is 20.8 Å². The van der Waals surface area contributed by atoms with Gasteiger partial charge in [0.05, 0.1) is 0 Å². The van der Waals surface area contributed by atoms with E-state index in [0.29, 0.717) is 0 Å². The predicted octanol–water partition coefficient (Wildman–Crippen LogP) is -0.355. The molecular weight excluding hydrogens is 280 g/mol. The van der Waals surface area contributed by atoms with Crippen LogP contribution in [0, 0.1) is 15.3 Å². The lowest BCUT2D eigenvalue weighted by Crippen LogP contribution is -3.61. The van der Waals surface area contributed by atoms with Crippen molar-refractivity contribution >= 4 is 0 Å². The van der Waals surface area contributed by atoms with Gasteiger partial charge in [0, 0.05) is 5.41 Å². The molecule has 0 unspecified atom stereocenters. The predicted molar refractivity (Wildman–Crippen MR) is 38.2 cm³/mol. The van der Waals surface area contributed by atoms with Gasteiger partial charge in [-0.05, 0) is 26.7 Å². The van der Waals surface area contributed by atoms with Crippen LogP contribution in [0.5, 0.6) is 0 Å². The van der Waals surface area contributed by atoms with E-state index in [-0.39, 0.29) is 5.41 Å². The van der Waals surface area contributed by atoms with Crippen LogP contribution in [0.3, 0.4) is 0 Å². The fourth-order valence-corrected chi connectivity index (χ4v) is 1.91. The fourth-order valence-electron chi connectivity index (χ4n) is 0.284. The van der Waals surface area contributed by atoms with Gasteiger partial charge >= 0.3 is 27.4 Å². The summed E-state index contributed by atoms with van der Waals surface area (Å²) in [5.74, 6) is 2.79. The zero-order valence-corrected chi connectivity index (χ0v) is 9.38. The van der Waals surface area contributed by atoms with Gasteiger partial charge in [0.1, 0.15) is 0 Å². The maximum Gasteiger partial charge on any atom is 0.433 e. The molecule has 0 amide bonds. The molecule has 0 fully saturated rings. The summed E-state index contributed by atoms with van der Waals surface area (Å²) in [6.07, 6.45) is -4.03. The third-order valence-corrected chi connectivity index (χ3v) is 2.60. The van der Waals surface area contributed by atoms with Crippen LogP contribution in [0.2, 0.25) is 0 Å². The Kier molecular flexibility index (Phi) is 4.38. The number of rotatable bonds is 1. The van der Waals surface area contributed by atoms with Crippen LogP contribution in [0.4, 0.5) is 13.2 Å². The molecule has 0 saturated heterocycles. The van der Waals surface area contributed by atoms with Gasteiger partial charge in [-0.15, -0.1) is 0 Å². The molecule has 0 radical (unpaired) electrons. The van der Waals surface area contributed by atoms with E-state index in [9.17, 15) is 13.2 Å². The van der Waals surface area contributed by atoms with Crippen LogP contribution in [-0.2, 0) is 0 Å². The second-order valence-electron chi connectivity index (χ2n) is 3.35. The molecule has 12 heavy (non-hydrogen) atoms. The van der Waals surface area contributed by atoms with Crippen molar-refractivity contribution in [3.05, 3.63) is 0 Å². The Morgan fingerprint density at radius 2 is 1.67 bits per heavy atom. The average Bonchev–Trinajstić information content (AvgIpc) is 1.76. The molecule has 0 N–H and O–H groups in total. The van der Waals surface area contributed by atoms with Crippen LogP contribution in [0.1, 0.15) is 20.8 Å². The molecule has 0 aromatic heterocycles. The monoisotopic (exact) mass is 291 g/mol. The lowest BCUT2D eigenvalue weighted by Gasteiger charge is -2.04. The molecule has 0 atom stereocenters. The van der Waals surface area contributed by atoms with Crippen molar-refractivity contribution in [3.8, 4) is 9.85 Å². The second kappa shape index (κ2) is 4.35. The summed E-state index contributed by atoms with van der Waals surface area (Å²) in [4.78, 5) is 0. The van der Waals surface area contributed by atoms with Crippen LogP contribution in [-0.4, -0.2) is 10.6 Å². The van der Waals surface area contributed by atoms with Crippen molar-refractivity contribution < 1.29 is 34.4 Å². The number of halogens is 4. The highest BCUT2D eigenvalue weighted by molar-refractivity contribution is 5.00. The number of hydrogen-bond acceptors (Lipinski definition) is 0. The van der Waals surface area contributed by atoms with Gasteiger partial charge in [-0.1, -0.05) is 0 Å². The van der Waals surface area contributed by atoms with Crippen molar-refractivity contribution in [2.45, 2.75) is 26.9 Å². The molecule has 0 aromatic carbocycles. The zero-order valence-electron chi connectivity index (χ0n) is 7.22. The van der Waals surface area contributed by atoms with E-state index in [2.05, 4.69) is 9.85 Å².